The molecular weight excluding hydrogens is 332 g/mol. The summed E-state index contributed by atoms with van der Waals surface area (Å²) in [5.74, 6) is 1.38. The number of likely N-dealkylation sites (tertiary alicyclic amines) is 1. The van der Waals surface area contributed by atoms with Gasteiger partial charge in [-0.2, -0.15) is 0 Å². The molecule has 1 fully saturated rings. The summed E-state index contributed by atoms with van der Waals surface area (Å²) in [7, 11) is 0. The van der Waals surface area contributed by atoms with E-state index in [2.05, 4.69) is 17.4 Å². The summed E-state index contributed by atoms with van der Waals surface area (Å²) in [5, 5.41) is 3.06. The van der Waals surface area contributed by atoms with Gasteiger partial charge in [-0.3, -0.25) is 9.59 Å². The summed E-state index contributed by atoms with van der Waals surface area (Å²) in [6.07, 6.45) is 2.51. The third kappa shape index (κ3) is 6.38. The van der Waals surface area contributed by atoms with Gasteiger partial charge >= 0.3 is 0 Å². The zero-order valence-corrected chi connectivity index (χ0v) is 16.4. The molecular formula is C20H30N2O2S. The van der Waals surface area contributed by atoms with Crippen molar-refractivity contribution >= 4 is 23.6 Å². The predicted molar refractivity (Wildman–Crippen MR) is 104 cm³/mol. The van der Waals surface area contributed by atoms with Crippen LogP contribution in [0.5, 0.6) is 0 Å². The molecule has 0 aromatic heterocycles. The SMILES string of the molecule is CC(C)(C)C(=O)N1CCC(C(=O)NCCCSc2ccccc2)CC1. The normalized spacial score (nSPS) is 15.9. The third-order valence-corrected chi connectivity index (χ3v) is 5.53. The van der Waals surface area contributed by atoms with Crippen LogP contribution in [-0.4, -0.2) is 42.1 Å². The number of amides is 2. The monoisotopic (exact) mass is 362 g/mol. The van der Waals surface area contributed by atoms with Crippen LogP contribution in [0.1, 0.15) is 40.0 Å². The third-order valence-electron chi connectivity index (χ3n) is 4.43. The molecule has 1 aliphatic heterocycles. The Morgan fingerprint density at radius 2 is 1.80 bits per heavy atom. The number of nitrogens with one attached hydrogen (secondary N) is 1. The van der Waals surface area contributed by atoms with E-state index in [0.717, 1.165) is 31.6 Å². The first-order valence-corrected chi connectivity index (χ1v) is 10.1. The van der Waals surface area contributed by atoms with Crippen molar-refractivity contribution in [2.75, 3.05) is 25.4 Å². The first-order chi connectivity index (χ1) is 11.9. The molecule has 1 heterocycles. The fourth-order valence-electron chi connectivity index (χ4n) is 2.95. The lowest BCUT2D eigenvalue weighted by Gasteiger charge is -2.35. The highest BCUT2D eigenvalue weighted by Crippen LogP contribution is 2.23. The second-order valence-corrected chi connectivity index (χ2v) is 8.79. The predicted octanol–water partition coefficient (Wildman–Crippen LogP) is 3.57. The van der Waals surface area contributed by atoms with Crippen LogP contribution in [0.25, 0.3) is 0 Å². The van der Waals surface area contributed by atoms with Gasteiger partial charge in [0.05, 0.1) is 0 Å². The molecule has 0 radical (unpaired) electrons. The molecule has 1 aromatic rings. The fourth-order valence-corrected chi connectivity index (χ4v) is 3.83. The Labute approximate surface area is 155 Å². The molecule has 0 bridgehead atoms. The lowest BCUT2D eigenvalue weighted by molar-refractivity contribution is -0.142. The van der Waals surface area contributed by atoms with Crippen molar-refractivity contribution in [2.24, 2.45) is 11.3 Å². The lowest BCUT2D eigenvalue weighted by Crippen LogP contribution is -2.46. The van der Waals surface area contributed by atoms with E-state index in [1.54, 1.807) is 0 Å². The van der Waals surface area contributed by atoms with E-state index < -0.39 is 0 Å². The second kappa shape index (κ2) is 9.27. The maximum Gasteiger partial charge on any atom is 0.227 e. The highest BCUT2D eigenvalue weighted by atomic mass is 32.2. The van der Waals surface area contributed by atoms with Gasteiger partial charge in [0.25, 0.3) is 0 Å². The second-order valence-electron chi connectivity index (χ2n) is 7.62. The standard InChI is InChI=1S/C20H30N2O2S/c1-20(2,3)19(24)22-13-10-16(11-14-22)18(23)21-12-7-15-25-17-8-5-4-6-9-17/h4-6,8-9,16H,7,10-15H2,1-3H3,(H,21,23). The average Bonchev–Trinajstić information content (AvgIpc) is 2.61. The quantitative estimate of drug-likeness (QED) is 0.622. The highest BCUT2D eigenvalue weighted by Gasteiger charge is 2.32. The molecule has 1 N–H and O–H groups in total. The molecule has 0 spiro atoms. The fraction of sp³-hybridized carbons (Fsp3) is 0.600. The van der Waals surface area contributed by atoms with Gasteiger partial charge in [-0.1, -0.05) is 39.0 Å². The molecule has 1 aliphatic rings. The van der Waals surface area contributed by atoms with Crippen LogP contribution in [-0.2, 0) is 9.59 Å². The van der Waals surface area contributed by atoms with E-state index >= 15 is 0 Å². The Hall–Kier alpha value is -1.49. The van der Waals surface area contributed by atoms with Crippen molar-refractivity contribution in [1.82, 2.24) is 10.2 Å². The van der Waals surface area contributed by atoms with Gasteiger partial charge in [0.15, 0.2) is 0 Å². The number of carbonyl (C=O) groups is 2. The summed E-state index contributed by atoms with van der Waals surface area (Å²) in [6.45, 7) is 7.95. The number of thioether (sulfide) groups is 1. The lowest BCUT2D eigenvalue weighted by atomic mass is 9.90. The molecule has 0 saturated carbocycles. The molecule has 1 aromatic carbocycles. The topological polar surface area (TPSA) is 49.4 Å². The summed E-state index contributed by atoms with van der Waals surface area (Å²) >= 11 is 1.82. The Bertz CT molecular complexity index is 561. The van der Waals surface area contributed by atoms with Gasteiger partial charge < -0.3 is 10.2 Å². The largest absolute Gasteiger partial charge is 0.356 e. The first kappa shape index (κ1) is 19.8. The van der Waals surface area contributed by atoms with E-state index in [4.69, 9.17) is 0 Å². The van der Waals surface area contributed by atoms with Gasteiger partial charge in [0.1, 0.15) is 0 Å². The number of hydrogen-bond acceptors (Lipinski definition) is 3. The van der Waals surface area contributed by atoms with Crippen molar-refractivity contribution in [3.8, 4) is 0 Å². The van der Waals surface area contributed by atoms with Crippen molar-refractivity contribution in [2.45, 2.75) is 44.9 Å². The maximum atomic E-state index is 12.3. The molecule has 1 saturated heterocycles. The van der Waals surface area contributed by atoms with E-state index in [1.165, 1.54) is 4.90 Å². The molecule has 0 atom stereocenters. The van der Waals surface area contributed by atoms with Gasteiger partial charge in [-0.05, 0) is 37.1 Å². The van der Waals surface area contributed by atoms with Crippen LogP contribution in [0.4, 0.5) is 0 Å². The molecule has 2 amide bonds. The van der Waals surface area contributed by atoms with E-state index in [0.29, 0.717) is 13.1 Å². The molecule has 0 unspecified atom stereocenters. The molecule has 4 nitrogen and oxygen atoms in total. The Balaban J connectivity index is 1.61. The van der Waals surface area contributed by atoms with Gasteiger partial charge in [-0.25, -0.2) is 0 Å². The molecule has 2 rings (SSSR count). The van der Waals surface area contributed by atoms with Crippen molar-refractivity contribution in [1.29, 1.82) is 0 Å². The summed E-state index contributed by atoms with van der Waals surface area (Å²) in [5.41, 5.74) is -0.342. The van der Waals surface area contributed by atoms with Crippen LogP contribution < -0.4 is 5.32 Å². The molecule has 0 aliphatic carbocycles. The molecule has 138 valence electrons. The Morgan fingerprint density at radius 3 is 2.40 bits per heavy atom. The first-order valence-electron chi connectivity index (χ1n) is 9.13. The highest BCUT2D eigenvalue weighted by molar-refractivity contribution is 7.99. The van der Waals surface area contributed by atoms with Gasteiger partial charge in [0, 0.05) is 35.9 Å². The number of benzene rings is 1. The van der Waals surface area contributed by atoms with Crippen LogP contribution >= 0.6 is 11.8 Å². The van der Waals surface area contributed by atoms with Crippen LogP contribution in [0, 0.1) is 11.3 Å². The zero-order chi connectivity index (χ0) is 18.3. The van der Waals surface area contributed by atoms with Crippen LogP contribution in [0.15, 0.2) is 35.2 Å². The van der Waals surface area contributed by atoms with Gasteiger partial charge in [-0.15, -0.1) is 11.8 Å². The number of carbonyl (C=O) groups excluding carboxylic acids is 2. The van der Waals surface area contributed by atoms with Crippen molar-refractivity contribution in [3.05, 3.63) is 30.3 Å². The Kier molecular flexibility index (Phi) is 7.36. The number of nitrogens with zero attached hydrogens (tertiary/aromatic N) is 1. The van der Waals surface area contributed by atoms with Crippen LogP contribution in [0.2, 0.25) is 0 Å². The minimum absolute atomic E-state index is 0.0470. The zero-order valence-electron chi connectivity index (χ0n) is 15.6. The van der Waals surface area contributed by atoms with Crippen molar-refractivity contribution in [3.63, 3.8) is 0 Å². The number of hydrogen-bond donors (Lipinski definition) is 1. The minimum Gasteiger partial charge on any atom is -0.356 e. The molecule has 25 heavy (non-hydrogen) atoms. The Morgan fingerprint density at radius 1 is 1.16 bits per heavy atom. The van der Waals surface area contributed by atoms with E-state index in [1.807, 2.05) is 55.6 Å². The van der Waals surface area contributed by atoms with Gasteiger partial charge in [0.2, 0.25) is 11.8 Å². The number of rotatable bonds is 6. The smallest absolute Gasteiger partial charge is 0.227 e. The van der Waals surface area contributed by atoms with Crippen molar-refractivity contribution < 1.29 is 9.59 Å². The average molecular weight is 363 g/mol. The minimum atomic E-state index is -0.342. The summed E-state index contributed by atoms with van der Waals surface area (Å²) in [4.78, 5) is 27.7. The summed E-state index contributed by atoms with van der Waals surface area (Å²) < 4.78 is 0. The van der Waals surface area contributed by atoms with E-state index in [9.17, 15) is 9.59 Å². The number of piperidine rings is 1. The molecule has 5 heteroatoms. The summed E-state index contributed by atoms with van der Waals surface area (Å²) in [6, 6.07) is 10.3. The van der Waals surface area contributed by atoms with E-state index in [-0.39, 0.29) is 23.1 Å². The van der Waals surface area contributed by atoms with Crippen LogP contribution in [0.3, 0.4) is 0 Å². The maximum absolute atomic E-state index is 12.3.